The third-order valence-corrected chi connectivity index (χ3v) is 13.9. The van der Waals surface area contributed by atoms with E-state index >= 15 is 0 Å². The van der Waals surface area contributed by atoms with Crippen LogP contribution in [0, 0.1) is 36.2 Å². The third kappa shape index (κ3) is 56.5. The van der Waals surface area contributed by atoms with Crippen molar-refractivity contribution in [3.8, 4) is 0 Å². The maximum atomic E-state index is 12.1. The second-order valence-corrected chi connectivity index (χ2v) is 26.4. The van der Waals surface area contributed by atoms with Crippen LogP contribution in [0.2, 0.25) is 0 Å². The number of amides is 1. The highest BCUT2D eigenvalue weighted by Gasteiger charge is 2.12. The van der Waals surface area contributed by atoms with Crippen LogP contribution >= 0.6 is 149 Å². The van der Waals surface area contributed by atoms with E-state index in [1.807, 2.05) is 65.6 Å². The lowest BCUT2D eigenvalue weighted by molar-refractivity contribution is -0.385. The summed E-state index contributed by atoms with van der Waals surface area (Å²) in [5, 5.41) is 52.0. The van der Waals surface area contributed by atoms with Gasteiger partial charge in [-0.3, -0.25) is 39.9 Å². The average Bonchev–Trinajstić information content (AvgIpc) is 0.895. The van der Waals surface area contributed by atoms with Crippen molar-refractivity contribution in [2.24, 2.45) is 4.99 Å². The number of aliphatic hydroxyl groups excluding tert-OH is 2. The van der Waals surface area contributed by atoms with Crippen LogP contribution in [0.3, 0.4) is 0 Å². The van der Waals surface area contributed by atoms with E-state index in [1.54, 1.807) is 48.5 Å². The first-order chi connectivity index (χ1) is 49.7. The van der Waals surface area contributed by atoms with Crippen molar-refractivity contribution < 1.29 is 48.0 Å². The molecule has 6 aromatic rings. The molecule has 6 aromatic carbocycles. The molecule has 0 fully saturated rings. The lowest BCUT2D eigenvalue weighted by atomic mass is 10.2. The molecule has 0 aliphatic rings. The fourth-order valence-corrected chi connectivity index (χ4v) is 9.71. The van der Waals surface area contributed by atoms with Crippen molar-refractivity contribution in [1.82, 2.24) is 5.32 Å². The Labute approximate surface area is 679 Å². The molecule has 0 spiro atoms. The van der Waals surface area contributed by atoms with Crippen molar-refractivity contribution in [1.29, 1.82) is 0 Å². The lowest BCUT2D eigenvalue weighted by Crippen LogP contribution is -2.27. The molecule has 6 N–H and O–H groups in total. The molecule has 0 unspecified atom stereocenters. The van der Waals surface area contributed by atoms with Crippen LogP contribution in [0.5, 0.6) is 0 Å². The number of nitrogens with zero attached hydrogens (tertiary/aromatic N) is 9. The molecule has 0 aliphatic heterocycles. The number of nitrogens with two attached hydrogens (primary N) is 1. The Morgan fingerprint density at radius 3 is 0.952 bits per heavy atom. The number of rotatable bonds is 34. The van der Waals surface area contributed by atoms with E-state index in [2.05, 4.69) is 93.6 Å². The van der Waals surface area contributed by atoms with E-state index in [0.717, 1.165) is 124 Å². The smallest absolute Gasteiger partial charge is 0.318 e. The highest BCUT2D eigenvalue weighted by molar-refractivity contribution is 8.26. The lowest BCUT2D eigenvalue weighted by Gasteiger charge is -2.23. The minimum Gasteiger partial charge on any atom is -0.399 e. The first kappa shape index (κ1) is 106. The average molecular weight is 1750 g/mol. The molecular weight excluding hydrogens is 1660 g/mol. The molecule has 6 rings (SSSR count). The molecule has 0 aromatic heterocycles. The number of hydrogen-bond donors (Lipinski definition) is 5. The molecule has 0 saturated carbocycles. The molecule has 588 valence electrons. The number of alkyl halides is 8. The molecule has 39 heteroatoms. The topological polar surface area (TPSA) is 317 Å². The second-order valence-electron chi connectivity index (χ2n) is 19.6. The number of carbonyl (C=O) groups excluding carboxylic acids is 3. The third-order valence-electron chi connectivity index (χ3n) is 12.4. The van der Waals surface area contributed by atoms with E-state index < -0.39 is 35.0 Å². The van der Waals surface area contributed by atoms with E-state index in [4.69, 9.17) is 129 Å². The molecule has 1 amide bonds. The van der Waals surface area contributed by atoms with Crippen molar-refractivity contribution in [2.75, 3.05) is 174 Å². The van der Waals surface area contributed by atoms with Crippen LogP contribution in [0.4, 0.5) is 76.5 Å². The Bertz CT molecular complexity index is 3080. The Morgan fingerprint density at radius 1 is 0.486 bits per heavy atom. The predicted octanol–water partition coefficient (Wildman–Crippen LogP) is 18.9. The van der Waals surface area contributed by atoms with Gasteiger partial charge in [0.2, 0.25) is 15.3 Å². The SMILES string of the molecule is C.CCCN(CCC)c1ccc([N+](=O)[O-])cc1.Nc1ccc(N(CCCl)CCCl)cc1.O=C(Cl)Cl.O=C(Cl)Nc1ccc(N(CCCl)CCCl)cc1.O=C=Nc1ccc(N(CCCl)CCCl)cc1.O=S(Cl)Cl.O=[N+]([O-])c1ccc(F)cc1.O=[N+]([O-])c1ccc(N(CCCl)CCCl)cc1.OCCNCCO. The van der Waals surface area contributed by atoms with Gasteiger partial charge in [0, 0.05) is 223 Å². The van der Waals surface area contributed by atoms with Gasteiger partial charge in [-0.2, -0.15) is 4.99 Å². The zero-order valence-electron chi connectivity index (χ0n) is 56.6. The van der Waals surface area contributed by atoms with Gasteiger partial charge in [-0.15, -0.1) is 92.8 Å². The molecule has 0 saturated heterocycles. The number of nitro benzene ring substituents is 3. The van der Waals surface area contributed by atoms with Gasteiger partial charge in [0.15, 0.2) is 0 Å². The number of non-ortho nitro benzene ring substituents is 3. The van der Waals surface area contributed by atoms with Gasteiger partial charge < -0.3 is 51.1 Å². The summed E-state index contributed by atoms with van der Waals surface area (Å²) in [5.41, 5.74) is 12.9. The number of nitrogens with one attached hydrogen (secondary N) is 2. The number of hydrogen-bond acceptors (Lipinski definition) is 20. The number of carbonyl (C=O) groups is 2. The van der Waals surface area contributed by atoms with Crippen molar-refractivity contribution in [3.63, 3.8) is 0 Å². The number of isocyanates is 1. The monoisotopic (exact) mass is 1750 g/mol. The van der Waals surface area contributed by atoms with Crippen molar-refractivity contribution >= 4 is 237 Å². The van der Waals surface area contributed by atoms with E-state index in [-0.39, 0.29) is 42.6 Å². The zero-order chi connectivity index (χ0) is 79.0. The molecule has 0 bridgehead atoms. The Hall–Kier alpha value is -5.43. The first-order valence-electron chi connectivity index (χ1n) is 30.9. The molecule has 0 heterocycles. The van der Waals surface area contributed by atoms with Gasteiger partial charge in [0.1, 0.15) is 5.82 Å². The van der Waals surface area contributed by atoms with E-state index in [9.17, 15) is 44.3 Å². The number of nitro groups is 3. The van der Waals surface area contributed by atoms with Crippen LogP contribution < -0.4 is 40.9 Å². The summed E-state index contributed by atoms with van der Waals surface area (Å²) < 4.78 is 20.3. The quantitative estimate of drug-likeness (QED) is 0.00288. The van der Waals surface area contributed by atoms with Gasteiger partial charge in [-0.25, -0.2) is 13.4 Å². The highest BCUT2D eigenvalue weighted by Crippen LogP contribution is 2.24. The molecule has 0 radical (unpaired) electrons. The molecule has 0 aliphatic carbocycles. The van der Waals surface area contributed by atoms with Crippen LogP contribution in [0.1, 0.15) is 34.1 Å². The minimum absolute atomic E-state index is 0. The standard InChI is InChI=1S/C12H18N2O2.C11H13Cl3N2O.C11H12Cl2N2O.C10H12Cl2N2O2.C10H14Cl2N2.C6H4FNO2.C4H11NO2.CCl2O.CH4.Cl2OS/c1-3-9-13(10-4-2)11-5-7-12(8-6-11)14(15)16;12-5-7-16(8-6-13)10-3-1-9(2-4-10)15-11(14)17;12-5-7-15(8-6-13)11-3-1-10(2-4-11)14-9-16;11-5-7-13(8-6-12)9-1-3-10(4-2-9)14(15)16;11-5-7-14(8-6-12)10-3-1-9(13)2-4-10;7-5-1-3-6(4-2-5)8(9)10;6-3-1-5-2-4-7;2-1(3)4;;1-4(2)3/h5-8H,3-4,9-10H2,1-2H3;1-4H,5-8H2,(H,15,17);2*1-4H,5-8H2;1-4H,5-8,13H2;1-4H;5-7H,1-4H2;;1H4;. The van der Waals surface area contributed by atoms with Gasteiger partial charge in [-0.05, 0) is 157 Å². The maximum absolute atomic E-state index is 12.1. The van der Waals surface area contributed by atoms with Gasteiger partial charge in [0.25, 0.3) is 17.1 Å². The molecule has 105 heavy (non-hydrogen) atoms. The summed E-state index contributed by atoms with van der Waals surface area (Å²) in [7, 11) is 7.36. The summed E-state index contributed by atoms with van der Waals surface area (Å²) in [6.45, 7) is 13.6. The summed E-state index contributed by atoms with van der Waals surface area (Å²) in [6.07, 6.45) is 3.66. The van der Waals surface area contributed by atoms with Gasteiger partial charge in [-0.1, -0.05) is 21.3 Å². The summed E-state index contributed by atoms with van der Waals surface area (Å²) in [6, 6.07) is 39.8. The summed E-state index contributed by atoms with van der Waals surface area (Å²) in [4.78, 5) is 73.4. The Balaban J connectivity index is -0.000000562. The van der Waals surface area contributed by atoms with E-state index in [0.29, 0.717) is 84.6 Å². The molecule has 0 atom stereocenters. The molecular formula is C66H88Cl13FN12O12S. The molecule has 24 nitrogen and oxygen atoms in total. The fourth-order valence-electron chi connectivity index (χ4n) is 7.97. The number of nitrogen functional groups attached to an aromatic ring is 1. The van der Waals surface area contributed by atoms with Gasteiger partial charge in [0.05, 0.1) is 33.7 Å². The summed E-state index contributed by atoms with van der Waals surface area (Å²) in [5.74, 6) is 3.89. The van der Waals surface area contributed by atoms with Crippen LogP contribution in [0.15, 0.2) is 151 Å². The first-order valence-corrected chi connectivity index (χ1v) is 39.2. The summed E-state index contributed by atoms with van der Waals surface area (Å²) >= 11 is 59.6. The number of halogens is 14. The Morgan fingerprint density at radius 2 is 0.724 bits per heavy atom. The van der Waals surface area contributed by atoms with Crippen LogP contribution in [0.25, 0.3) is 0 Å². The zero-order valence-corrected chi connectivity index (χ0v) is 67.2. The van der Waals surface area contributed by atoms with E-state index in [1.165, 1.54) is 18.2 Å². The Kier molecular flexibility index (Phi) is 70.9. The van der Waals surface area contributed by atoms with Crippen LogP contribution in [-0.4, -0.2) is 184 Å². The number of aliphatic imine (C=N–C) groups is 1. The second kappa shape index (κ2) is 70.3. The fraction of sp³-hybridized carbons (Fsp3) is 0.409. The largest absolute Gasteiger partial charge is 0.399 e. The van der Waals surface area contributed by atoms with Crippen LogP contribution in [-0.2, 0) is 14.0 Å². The van der Waals surface area contributed by atoms with Crippen molar-refractivity contribution in [3.05, 3.63) is 182 Å². The van der Waals surface area contributed by atoms with Gasteiger partial charge >= 0.3 is 10.1 Å². The normalized spacial score (nSPS) is 9.63. The number of aliphatic hydroxyl groups is 2. The minimum atomic E-state index is -1.67. The highest BCUT2D eigenvalue weighted by atomic mass is 36.0. The predicted molar refractivity (Wildman–Crippen MR) is 444 cm³/mol. The maximum Gasteiger partial charge on any atom is 0.318 e. The van der Waals surface area contributed by atoms with Crippen molar-refractivity contribution in [2.45, 2.75) is 34.1 Å². The number of benzene rings is 6. The number of anilines is 7.